The molecule has 3 aromatic rings. The van der Waals surface area contributed by atoms with Crippen LogP contribution in [0.5, 0.6) is 5.75 Å². The number of benzene rings is 3. The van der Waals surface area contributed by atoms with Gasteiger partial charge in [0.2, 0.25) is 5.91 Å². The fraction of sp³-hybridized carbons (Fsp3) is 0.429. The molecule has 44 heavy (non-hydrogen) atoms. The SMILES string of the molecule is COc1ccc([Si](C)(C)[C@H]2[C@H](CCO)O[C@@]3(C(=O)N(Cc4cccc(NC(=O)[C@H]5CCCN5)c4)c4ccccc43)[C@@H]2C)cc1. The molecule has 0 radical (unpaired) electrons. The van der Waals surface area contributed by atoms with Crippen molar-refractivity contribution in [2.45, 2.75) is 69.1 Å². The van der Waals surface area contributed by atoms with Crippen molar-refractivity contribution in [1.82, 2.24) is 5.32 Å². The molecule has 0 aromatic heterocycles. The number of carbonyl (C=O) groups excluding carboxylic acids is 2. The number of hydrogen-bond acceptors (Lipinski definition) is 6. The van der Waals surface area contributed by atoms with Crippen LogP contribution in [0.25, 0.3) is 0 Å². The molecule has 3 aromatic carbocycles. The number of carbonyl (C=O) groups is 2. The Kier molecular flexibility index (Phi) is 8.41. The van der Waals surface area contributed by atoms with Crippen molar-refractivity contribution in [3.63, 3.8) is 0 Å². The lowest BCUT2D eigenvalue weighted by Crippen LogP contribution is -2.51. The van der Waals surface area contributed by atoms with E-state index in [1.165, 1.54) is 5.19 Å². The van der Waals surface area contributed by atoms with E-state index >= 15 is 0 Å². The smallest absolute Gasteiger partial charge is 0.264 e. The molecule has 0 saturated carbocycles. The lowest BCUT2D eigenvalue weighted by atomic mass is 9.82. The summed E-state index contributed by atoms with van der Waals surface area (Å²) >= 11 is 0. The number of rotatable bonds is 9. The maximum absolute atomic E-state index is 14.7. The van der Waals surface area contributed by atoms with E-state index in [2.05, 4.69) is 42.8 Å². The molecule has 2 amide bonds. The molecule has 2 fully saturated rings. The Morgan fingerprint density at radius 2 is 1.91 bits per heavy atom. The zero-order chi connectivity index (χ0) is 31.1. The highest BCUT2D eigenvalue weighted by Gasteiger charge is 2.66. The van der Waals surface area contributed by atoms with Crippen LogP contribution in [0.4, 0.5) is 11.4 Å². The first kappa shape index (κ1) is 30.5. The van der Waals surface area contributed by atoms with E-state index in [1.807, 2.05) is 65.6 Å². The molecule has 0 bridgehead atoms. The predicted octanol–water partition coefficient (Wildman–Crippen LogP) is 4.53. The minimum atomic E-state index is -2.23. The van der Waals surface area contributed by atoms with Gasteiger partial charge in [0.05, 0.1) is 39.6 Å². The number of amides is 2. The molecular formula is C35H43N3O5Si. The van der Waals surface area contributed by atoms with Crippen LogP contribution in [0.1, 0.15) is 37.3 Å². The Morgan fingerprint density at radius 3 is 2.61 bits per heavy atom. The third-order valence-electron chi connectivity index (χ3n) is 10.1. The maximum atomic E-state index is 14.7. The molecule has 3 N–H and O–H groups in total. The van der Waals surface area contributed by atoms with Gasteiger partial charge in [-0.3, -0.25) is 9.59 Å². The Bertz CT molecular complexity index is 1520. The normalized spacial score (nSPS) is 26.3. The Balaban J connectivity index is 1.32. The first-order valence-corrected chi connectivity index (χ1v) is 18.8. The topological polar surface area (TPSA) is 100 Å². The zero-order valence-electron chi connectivity index (χ0n) is 26.0. The monoisotopic (exact) mass is 613 g/mol. The minimum absolute atomic E-state index is 0.00843. The molecule has 1 spiro atoms. The highest BCUT2D eigenvalue weighted by atomic mass is 28.3. The van der Waals surface area contributed by atoms with Crippen LogP contribution < -0.4 is 25.5 Å². The van der Waals surface area contributed by atoms with Gasteiger partial charge in [-0.05, 0) is 67.2 Å². The van der Waals surface area contributed by atoms with Crippen molar-refractivity contribution in [3.8, 4) is 5.75 Å². The van der Waals surface area contributed by atoms with E-state index in [0.29, 0.717) is 13.0 Å². The van der Waals surface area contributed by atoms with Gasteiger partial charge in [-0.25, -0.2) is 0 Å². The standard InChI is InChI=1S/C35H43N3O5Si/c1-23-32(44(3,4)27-16-14-26(42-2)15-17-27)31(18-20-39)43-35(23)28-11-5-6-13-30(28)38(34(35)41)22-24-9-7-10-25(21-24)37-33(40)29-12-8-19-36-29/h5-7,9-11,13-17,21,23,29,31-32,36,39H,8,12,18-20,22H2,1-4H3,(H,37,40)/t23-,29-,31+,32-,35+/m1/s1. The highest BCUT2D eigenvalue weighted by Crippen LogP contribution is 2.60. The molecule has 5 atom stereocenters. The van der Waals surface area contributed by atoms with Crippen LogP contribution in [0.2, 0.25) is 18.6 Å². The minimum Gasteiger partial charge on any atom is -0.497 e. The van der Waals surface area contributed by atoms with E-state index in [1.54, 1.807) is 7.11 Å². The number of nitrogens with zero attached hydrogens (tertiary/aromatic N) is 1. The van der Waals surface area contributed by atoms with Crippen molar-refractivity contribution < 1.29 is 24.2 Å². The predicted molar refractivity (Wildman–Crippen MR) is 175 cm³/mol. The Morgan fingerprint density at radius 1 is 1.14 bits per heavy atom. The highest BCUT2D eigenvalue weighted by molar-refractivity contribution is 6.91. The summed E-state index contributed by atoms with van der Waals surface area (Å²) in [5, 5.41) is 17.7. The number of hydrogen-bond donors (Lipinski definition) is 3. The number of para-hydroxylation sites is 1. The summed E-state index contributed by atoms with van der Waals surface area (Å²) in [5.41, 5.74) is 2.32. The number of aliphatic hydroxyl groups excluding tert-OH is 1. The van der Waals surface area contributed by atoms with Gasteiger partial charge in [0.15, 0.2) is 5.60 Å². The fourth-order valence-electron chi connectivity index (χ4n) is 7.89. The fourth-order valence-corrected chi connectivity index (χ4v) is 11.9. The van der Waals surface area contributed by atoms with Crippen LogP contribution in [-0.2, 0) is 26.5 Å². The van der Waals surface area contributed by atoms with Gasteiger partial charge in [0, 0.05) is 23.8 Å². The van der Waals surface area contributed by atoms with Gasteiger partial charge in [-0.2, -0.15) is 0 Å². The van der Waals surface area contributed by atoms with Crippen molar-refractivity contribution in [2.75, 3.05) is 30.5 Å². The number of fused-ring (bicyclic) bond motifs is 2. The summed E-state index contributed by atoms with van der Waals surface area (Å²) in [4.78, 5) is 29.3. The van der Waals surface area contributed by atoms with E-state index in [-0.39, 0.29) is 42.0 Å². The van der Waals surface area contributed by atoms with Crippen molar-refractivity contribution in [2.24, 2.45) is 5.92 Å². The molecule has 8 nitrogen and oxygen atoms in total. The summed E-state index contributed by atoms with van der Waals surface area (Å²) in [6, 6.07) is 23.8. The van der Waals surface area contributed by atoms with Crippen LogP contribution in [0, 0.1) is 5.92 Å². The summed E-state index contributed by atoms with van der Waals surface area (Å²) in [5.74, 6) is 0.595. The average Bonchev–Trinajstić information content (AvgIpc) is 3.72. The lowest BCUT2D eigenvalue weighted by molar-refractivity contribution is -0.146. The van der Waals surface area contributed by atoms with Gasteiger partial charge in [-0.15, -0.1) is 0 Å². The first-order valence-electron chi connectivity index (χ1n) is 15.7. The third kappa shape index (κ3) is 5.15. The quantitative estimate of drug-likeness (QED) is 0.307. The molecule has 0 aliphatic carbocycles. The number of methoxy groups -OCH3 is 1. The molecule has 9 heteroatoms. The number of nitrogens with one attached hydrogen (secondary N) is 2. The second kappa shape index (κ2) is 12.1. The Hall–Kier alpha value is -3.50. The first-order chi connectivity index (χ1) is 21.2. The van der Waals surface area contributed by atoms with Gasteiger partial charge >= 0.3 is 0 Å². The van der Waals surface area contributed by atoms with Gasteiger partial charge < -0.3 is 30.1 Å². The molecular weight excluding hydrogens is 570 g/mol. The number of ether oxygens (including phenoxy) is 2. The molecule has 2 saturated heterocycles. The van der Waals surface area contributed by atoms with Crippen LogP contribution in [0.15, 0.2) is 72.8 Å². The van der Waals surface area contributed by atoms with E-state index in [4.69, 9.17) is 9.47 Å². The summed E-state index contributed by atoms with van der Waals surface area (Å²) in [7, 11) is -0.561. The molecule has 232 valence electrons. The van der Waals surface area contributed by atoms with Crippen molar-refractivity contribution in [1.29, 1.82) is 0 Å². The van der Waals surface area contributed by atoms with E-state index in [9.17, 15) is 14.7 Å². The van der Waals surface area contributed by atoms with Gasteiger partial charge in [0.1, 0.15) is 5.75 Å². The summed E-state index contributed by atoms with van der Waals surface area (Å²) in [6.45, 7) is 8.04. The van der Waals surface area contributed by atoms with E-state index < -0.39 is 13.7 Å². The van der Waals surface area contributed by atoms with E-state index in [0.717, 1.165) is 47.6 Å². The second-order valence-electron chi connectivity index (χ2n) is 12.9. The van der Waals surface area contributed by atoms with Crippen molar-refractivity contribution in [3.05, 3.63) is 83.9 Å². The summed E-state index contributed by atoms with van der Waals surface area (Å²) in [6.07, 6.45) is 2.03. The molecule has 3 heterocycles. The van der Waals surface area contributed by atoms with Crippen LogP contribution in [-0.4, -0.2) is 57.4 Å². The van der Waals surface area contributed by atoms with Crippen LogP contribution in [0.3, 0.4) is 0 Å². The second-order valence-corrected chi connectivity index (χ2v) is 17.6. The molecule has 3 aliphatic heterocycles. The molecule has 6 rings (SSSR count). The van der Waals surface area contributed by atoms with Gasteiger partial charge in [-0.1, -0.05) is 67.7 Å². The maximum Gasteiger partial charge on any atom is 0.264 e. The third-order valence-corrected chi connectivity index (χ3v) is 14.4. The van der Waals surface area contributed by atoms with Crippen LogP contribution >= 0.6 is 0 Å². The molecule has 0 unspecified atom stereocenters. The van der Waals surface area contributed by atoms with Crippen molar-refractivity contribution >= 4 is 36.4 Å². The molecule has 3 aliphatic rings. The Labute approximate surface area is 260 Å². The largest absolute Gasteiger partial charge is 0.497 e. The summed E-state index contributed by atoms with van der Waals surface area (Å²) < 4.78 is 12.4. The number of aliphatic hydroxyl groups is 1. The average molecular weight is 614 g/mol. The zero-order valence-corrected chi connectivity index (χ0v) is 27.0. The van der Waals surface area contributed by atoms with Gasteiger partial charge in [0.25, 0.3) is 5.91 Å². The lowest BCUT2D eigenvalue weighted by Gasteiger charge is -2.37. The number of anilines is 2.